The van der Waals surface area contributed by atoms with E-state index in [2.05, 4.69) is 266 Å². The van der Waals surface area contributed by atoms with Gasteiger partial charge in [-0.1, -0.05) is 231 Å². The Bertz CT molecular complexity index is 3580. The smallest absolute Gasteiger partial charge is 0.0540 e. The van der Waals surface area contributed by atoms with Crippen molar-refractivity contribution < 1.29 is 0 Å². The lowest BCUT2D eigenvalue weighted by Crippen LogP contribution is -2.11. The SMILES string of the molecule is c1ccc(-c2ccc(N(c3cccc(-c4cccc(-c5c(-c6ccccc6)c6ccccc6c6ccccc56)c4)c3)c3ccc(-c4ccccc4)c4ccccc34)c3ccccc23)cc1. The van der Waals surface area contributed by atoms with Gasteiger partial charge >= 0.3 is 0 Å². The molecule has 0 spiro atoms. The van der Waals surface area contributed by atoms with Crippen LogP contribution in [0.5, 0.6) is 0 Å². The number of anilines is 3. The van der Waals surface area contributed by atoms with Crippen LogP contribution < -0.4 is 4.90 Å². The van der Waals surface area contributed by atoms with Gasteiger partial charge in [0.15, 0.2) is 0 Å². The fourth-order valence-electron chi connectivity index (χ4n) is 10.1. The molecule has 1 heteroatoms. The Kier molecular flexibility index (Phi) is 9.58. The third-order valence-electron chi connectivity index (χ3n) is 13.0. The highest BCUT2D eigenvalue weighted by Gasteiger charge is 2.22. The maximum Gasteiger partial charge on any atom is 0.0540 e. The molecule has 0 amide bonds. The Balaban J connectivity index is 1.07. The Hall–Kier alpha value is -8.52. The molecule has 1 nitrogen and oxygen atoms in total. The van der Waals surface area contributed by atoms with Crippen molar-refractivity contribution in [2.45, 2.75) is 0 Å². The minimum atomic E-state index is 1.09. The van der Waals surface area contributed by atoms with Crippen LogP contribution in [-0.4, -0.2) is 0 Å². The first-order valence-electron chi connectivity index (χ1n) is 22.4. The summed E-state index contributed by atoms with van der Waals surface area (Å²) in [5.74, 6) is 0. The van der Waals surface area contributed by atoms with Crippen molar-refractivity contribution >= 4 is 60.2 Å². The highest BCUT2D eigenvalue weighted by Crippen LogP contribution is 2.48. The van der Waals surface area contributed by atoms with Gasteiger partial charge in [-0.15, -0.1) is 0 Å². The van der Waals surface area contributed by atoms with Gasteiger partial charge < -0.3 is 4.90 Å². The van der Waals surface area contributed by atoms with Gasteiger partial charge in [-0.25, -0.2) is 0 Å². The molecule has 0 aliphatic rings. The maximum absolute atomic E-state index is 2.48. The maximum atomic E-state index is 2.48. The summed E-state index contributed by atoms with van der Waals surface area (Å²) in [7, 11) is 0. The van der Waals surface area contributed by atoms with E-state index in [4.69, 9.17) is 0 Å². The van der Waals surface area contributed by atoms with E-state index in [0.29, 0.717) is 0 Å². The van der Waals surface area contributed by atoms with Gasteiger partial charge in [-0.05, 0) is 118 Å². The summed E-state index contributed by atoms with van der Waals surface area (Å²) in [4.78, 5) is 2.48. The van der Waals surface area contributed by atoms with Crippen LogP contribution in [0.1, 0.15) is 0 Å². The van der Waals surface area contributed by atoms with Crippen molar-refractivity contribution in [3.05, 3.63) is 261 Å². The van der Waals surface area contributed by atoms with Crippen molar-refractivity contribution in [1.29, 1.82) is 0 Å². The summed E-state index contributed by atoms with van der Waals surface area (Å²) in [6.45, 7) is 0. The second-order valence-electron chi connectivity index (χ2n) is 16.8. The van der Waals surface area contributed by atoms with Crippen LogP contribution in [0, 0.1) is 0 Å². The van der Waals surface area contributed by atoms with Crippen LogP contribution in [0.2, 0.25) is 0 Å². The van der Waals surface area contributed by atoms with Crippen LogP contribution in [0.25, 0.3) is 98.7 Å². The number of benzene rings is 12. The molecule has 0 aromatic heterocycles. The van der Waals surface area contributed by atoms with Crippen LogP contribution >= 0.6 is 0 Å². The highest BCUT2D eigenvalue weighted by molar-refractivity contribution is 6.22. The monoisotopic (exact) mass is 825 g/mol. The molecule has 0 bridgehead atoms. The first-order chi connectivity index (χ1) is 32.3. The molecule has 0 atom stereocenters. The Morgan fingerprint density at radius 2 is 0.554 bits per heavy atom. The van der Waals surface area contributed by atoms with E-state index >= 15 is 0 Å². The zero-order valence-electron chi connectivity index (χ0n) is 35.8. The molecule has 12 aromatic rings. The van der Waals surface area contributed by atoms with E-state index < -0.39 is 0 Å². The van der Waals surface area contributed by atoms with Gasteiger partial charge in [0, 0.05) is 16.5 Å². The molecule has 0 aliphatic heterocycles. The standard InChI is InChI=1S/C64H43N/c1-4-20-44(21-5-1)51-38-40-61(57-34-14-10-30-53(51)57)65(62-41-39-52(45-22-6-2-7-23-45)54-31-11-15-35-58(54)62)50-29-19-27-48(43-50)47-26-18-28-49(42-47)64-60-37-17-13-33-56(60)55-32-12-16-36-59(55)63(64)46-24-8-3-9-25-46/h1-43H. The highest BCUT2D eigenvalue weighted by atomic mass is 15.1. The van der Waals surface area contributed by atoms with E-state index in [0.717, 1.165) is 28.2 Å². The summed E-state index contributed by atoms with van der Waals surface area (Å²) in [5, 5.41) is 9.84. The van der Waals surface area contributed by atoms with Gasteiger partial charge in [0.05, 0.1) is 11.4 Å². The van der Waals surface area contributed by atoms with Crippen LogP contribution in [0.3, 0.4) is 0 Å². The minimum absolute atomic E-state index is 1.09. The van der Waals surface area contributed by atoms with Crippen molar-refractivity contribution in [1.82, 2.24) is 0 Å². The zero-order chi connectivity index (χ0) is 43.1. The second kappa shape index (κ2) is 16.3. The molecule has 0 unspecified atom stereocenters. The fourth-order valence-corrected chi connectivity index (χ4v) is 10.1. The Labute approximate surface area is 379 Å². The molecular weight excluding hydrogens is 783 g/mol. The Morgan fingerprint density at radius 3 is 1.06 bits per heavy atom. The molecule has 0 N–H and O–H groups in total. The Morgan fingerprint density at radius 1 is 0.200 bits per heavy atom. The summed E-state index contributed by atoms with van der Waals surface area (Å²) in [6.07, 6.45) is 0. The first kappa shape index (κ1) is 38.2. The molecule has 12 rings (SSSR count). The topological polar surface area (TPSA) is 3.24 Å². The summed E-state index contributed by atoms with van der Waals surface area (Å²) in [6, 6.07) is 95.3. The summed E-state index contributed by atoms with van der Waals surface area (Å²) in [5.41, 5.74) is 15.4. The van der Waals surface area contributed by atoms with Gasteiger partial charge in [-0.2, -0.15) is 0 Å². The van der Waals surface area contributed by atoms with Gasteiger partial charge in [0.1, 0.15) is 0 Å². The molecule has 65 heavy (non-hydrogen) atoms. The van der Waals surface area contributed by atoms with E-state index in [1.807, 2.05) is 0 Å². The number of nitrogens with zero attached hydrogens (tertiary/aromatic N) is 1. The quantitative estimate of drug-likeness (QED) is 0.138. The fraction of sp³-hybridized carbons (Fsp3) is 0. The van der Waals surface area contributed by atoms with Gasteiger partial charge in [0.2, 0.25) is 0 Å². The first-order valence-corrected chi connectivity index (χ1v) is 22.4. The number of hydrogen-bond donors (Lipinski definition) is 0. The molecule has 12 aromatic carbocycles. The molecular formula is C64H43N. The van der Waals surface area contributed by atoms with E-state index in [9.17, 15) is 0 Å². The molecule has 0 radical (unpaired) electrons. The summed E-state index contributed by atoms with van der Waals surface area (Å²) < 4.78 is 0. The predicted molar refractivity (Wildman–Crippen MR) is 278 cm³/mol. The second-order valence-corrected chi connectivity index (χ2v) is 16.8. The molecule has 0 saturated heterocycles. The number of fused-ring (bicyclic) bond motifs is 5. The minimum Gasteiger partial charge on any atom is -0.309 e. The van der Waals surface area contributed by atoms with E-state index in [1.54, 1.807) is 0 Å². The third-order valence-corrected chi connectivity index (χ3v) is 13.0. The lowest BCUT2D eigenvalue weighted by molar-refractivity contribution is 1.31. The zero-order valence-corrected chi connectivity index (χ0v) is 35.8. The van der Waals surface area contributed by atoms with Crippen molar-refractivity contribution in [3.8, 4) is 55.6 Å². The summed E-state index contributed by atoms with van der Waals surface area (Å²) >= 11 is 0. The van der Waals surface area contributed by atoms with Crippen molar-refractivity contribution in [2.24, 2.45) is 0 Å². The van der Waals surface area contributed by atoms with Crippen LogP contribution in [0.15, 0.2) is 261 Å². The molecule has 0 saturated carbocycles. The molecule has 0 fully saturated rings. The van der Waals surface area contributed by atoms with Gasteiger partial charge in [-0.3, -0.25) is 0 Å². The largest absolute Gasteiger partial charge is 0.309 e. The molecule has 0 heterocycles. The van der Waals surface area contributed by atoms with Crippen molar-refractivity contribution in [2.75, 3.05) is 4.90 Å². The average Bonchev–Trinajstić information content (AvgIpc) is 3.39. The van der Waals surface area contributed by atoms with Crippen LogP contribution in [-0.2, 0) is 0 Å². The van der Waals surface area contributed by atoms with Gasteiger partial charge in [0.25, 0.3) is 0 Å². The lowest BCUT2D eigenvalue weighted by Gasteiger charge is -2.29. The number of hydrogen-bond acceptors (Lipinski definition) is 1. The normalized spacial score (nSPS) is 11.4. The number of rotatable bonds is 8. The molecule has 0 aliphatic carbocycles. The van der Waals surface area contributed by atoms with E-state index in [1.165, 1.54) is 87.6 Å². The molecule has 304 valence electrons. The predicted octanol–water partition coefficient (Wildman–Crippen LogP) is 18.1. The van der Waals surface area contributed by atoms with Crippen LogP contribution in [0.4, 0.5) is 17.1 Å². The van der Waals surface area contributed by atoms with E-state index in [-0.39, 0.29) is 0 Å². The lowest BCUT2D eigenvalue weighted by atomic mass is 9.84. The van der Waals surface area contributed by atoms with Crippen molar-refractivity contribution in [3.63, 3.8) is 0 Å². The third kappa shape index (κ3) is 6.74. The average molecular weight is 826 g/mol.